The SMILES string of the molecule is CC(C)(C)C(=O)Nc1ccc(F)c(-c2nc(C3(N)CCCC3)no2)c1.Cl. The first-order chi connectivity index (χ1) is 11.7. The van der Waals surface area contributed by atoms with Crippen LogP contribution in [0.5, 0.6) is 0 Å². The van der Waals surface area contributed by atoms with Gasteiger partial charge in [0.05, 0.1) is 11.1 Å². The number of nitrogens with two attached hydrogens (primary N) is 1. The van der Waals surface area contributed by atoms with Crippen molar-refractivity contribution >= 4 is 24.0 Å². The van der Waals surface area contributed by atoms with Crippen molar-refractivity contribution in [1.29, 1.82) is 0 Å². The van der Waals surface area contributed by atoms with Gasteiger partial charge in [0, 0.05) is 11.1 Å². The molecule has 26 heavy (non-hydrogen) atoms. The van der Waals surface area contributed by atoms with Crippen LogP contribution < -0.4 is 11.1 Å². The van der Waals surface area contributed by atoms with Gasteiger partial charge >= 0.3 is 0 Å². The Labute approximate surface area is 158 Å². The standard InChI is InChI=1S/C18H23FN4O2.ClH/c1-17(2,3)16(24)21-11-6-7-13(19)12(10-11)14-22-15(23-25-14)18(20)8-4-5-9-18;/h6-7,10H,4-5,8-9,20H2,1-3H3,(H,21,24);1H. The number of hydrogen-bond donors (Lipinski definition) is 2. The van der Waals surface area contributed by atoms with E-state index in [-0.39, 0.29) is 29.8 Å². The lowest BCUT2D eigenvalue weighted by Gasteiger charge is -2.18. The van der Waals surface area contributed by atoms with Gasteiger partial charge in [-0.05, 0) is 31.0 Å². The van der Waals surface area contributed by atoms with E-state index in [0.717, 1.165) is 25.7 Å². The second-order valence-corrected chi connectivity index (χ2v) is 7.69. The predicted octanol–water partition coefficient (Wildman–Crippen LogP) is 4.01. The minimum atomic E-state index is -0.601. The van der Waals surface area contributed by atoms with Gasteiger partial charge in [0.25, 0.3) is 5.89 Å². The van der Waals surface area contributed by atoms with Gasteiger partial charge in [-0.3, -0.25) is 4.79 Å². The summed E-state index contributed by atoms with van der Waals surface area (Å²) in [5, 5.41) is 6.72. The fourth-order valence-electron chi connectivity index (χ4n) is 2.85. The molecule has 1 aromatic heterocycles. The molecule has 142 valence electrons. The Hall–Kier alpha value is -1.99. The second-order valence-electron chi connectivity index (χ2n) is 7.69. The van der Waals surface area contributed by atoms with Crippen LogP contribution in [0.1, 0.15) is 52.3 Å². The summed E-state index contributed by atoms with van der Waals surface area (Å²) in [5.41, 5.74) is 5.78. The number of carbonyl (C=O) groups excluding carboxylic acids is 1. The molecule has 6 nitrogen and oxygen atoms in total. The monoisotopic (exact) mass is 382 g/mol. The van der Waals surface area contributed by atoms with Gasteiger partial charge in [0.15, 0.2) is 5.82 Å². The molecule has 0 atom stereocenters. The number of benzene rings is 1. The Bertz CT molecular complexity index is 795. The highest BCUT2D eigenvalue weighted by atomic mass is 35.5. The summed E-state index contributed by atoms with van der Waals surface area (Å²) in [5.74, 6) is -0.191. The molecule has 1 aliphatic carbocycles. The maximum absolute atomic E-state index is 14.2. The first-order valence-electron chi connectivity index (χ1n) is 8.43. The van der Waals surface area contributed by atoms with E-state index < -0.39 is 16.8 Å². The van der Waals surface area contributed by atoms with Crippen molar-refractivity contribution in [3.63, 3.8) is 0 Å². The third-order valence-corrected chi connectivity index (χ3v) is 4.50. The van der Waals surface area contributed by atoms with E-state index in [1.807, 2.05) is 0 Å². The number of nitrogens with one attached hydrogen (secondary N) is 1. The van der Waals surface area contributed by atoms with Crippen molar-refractivity contribution < 1.29 is 13.7 Å². The summed E-state index contributed by atoms with van der Waals surface area (Å²) < 4.78 is 19.5. The first kappa shape index (κ1) is 20.3. The molecule has 0 bridgehead atoms. The second kappa shape index (κ2) is 7.32. The van der Waals surface area contributed by atoms with Crippen molar-refractivity contribution in [3.05, 3.63) is 29.8 Å². The Morgan fingerprint density at radius 1 is 1.31 bits per heavy atom. The summed E-state index contributed by atoms with van der Waals surface area (Å²) in [6, 6.07) is 4.26. The van der Waals surface area contributed by atoms with Crippen LogP contribution in [0, 0.1) is 11.2 Å². The average Bonchev–Trinajstić information content (AvgIpc) is 3.18. The number of rotatable bonds is 3. The molecular formula is C18H24ClFN4O2. The Balaban J connectivity index is 0.00000243. The molecule has 1 amide bonds. The first-order valence-corrected chi connectivity index (χ1v) is 8.43. The summed E-state index contributed by atoms with van der Waals surface area (Å²) >= 11 is 0. The Kier molecular flexibility index (Phi) is 5.73. The summed E-state index contributed by atoms with van der Waals surface area (Å²) in [6.45, 7) is 5.41. The van der Waals surface area contributed by atoms with Gasteiger partial charge in [-0.15, -0.1) is 12.4 Å². The zero-order valence-electron chi connectivity index (χ0n) is 15.1. The van der Waals surface area contributed by atoms with Crippen LogP contribution in [0.3, 0.4) is 0 Å². The number of anilines is 1. The van der Waals surface area contributed by atoms with E-state index in [9.17, 15) is 9.18 Å². The van der Waals surface area contributed by atoms with Crippen LogP contribution in [-0.4, -0.2) is 16.0 Å². The zero-order valence-corrected chi connectivity index (χ0v) is 16.0. The average molecular weight is 383 g/mol. The molecule has 3 rings (SSSR count). The molecule has 1 aromatic carbocycles. The molecule has 0 unspecified atom stereocenters. The van der Waals surface area contributed by atoms with Crippen molar-refractivity contribution in [2.75, 3.05) is 5.32 Å². The van der Waals surface area contributed by atoms with Crippen molar-refractivity contribution in [2.45, 2.75) is 52.0 Å². The van der Waals surface area contributed by atoms with E-state index in [1.54, 1.807) is 20.8 Å². The molecule has 1 heterocycles. The summed E-state index contributed by atoms with van der Waals surface area (Å²) in [6.07, 6.45) is 3.61. The van der Waals surface area contributed by atoms with Crippen LogP contribution >= 0.6 is 12.4 Å². The maximum atomic E-state index is 14.2. The Morgan fingerprint density at radius 2 is 1.96 bits per heavy atom. The van der Waals surface area contributed by atoms with Gasteiger partial charge < -0.3 is 15.6 Å². The smallest absolute Gasteiger partial charge is 0.261 e. The van der Waals surface area contributed by atoms with Gasteiger partial charge in [0.1, 0.15) is 5.82 Å². The normalized spacial score (nSPS) is 16.2. The maximum Gasteiger partial charge on any atom is 0.261 e. The number of amides is 1. The summed E-state index contributed by atoms with van der Waals surface area (Å²) in [4.78, 5) is 16.4. The van der Waals surface area contributed by atoms with Crippen molar-refractivity contribution in [1.82, 2.24) is 10.1 Å². The van der Waals surface area contributed by atoms with Crippen LogP contribution in [0.2, 0.25) is 0 Å². The topological polar surface area (TPSA) is 94.0 Å². The molecule has 0 radical (unpaired) electrons. The van der Waals surface area contributed by atoms with E-state index in [2.05, 4.69) is 15.5 Å². The van der Waals surface area contributed by atoms with Crippen molar-refractivity contribution in [2.24, 2.45) is 11.1 Å². The lowest BCUT2D eigenvalue weighted by molar-refractivity contribution is -0.123. The number of nitrogens with zero attached hydrogens (tertiary/aromatic N) is 2. The fourth-order valence-corrected chi connectivity index (χ4v) is 2.85. The summed E-state index contributed by atoms with van der Waals surface area (Å²) in [7, 11) is 0. The van der Waals surface area contributed by atoms with Crippen LogP contribution in [0.25, 0.3) is 11.5 Å². The highest BCUT2D eigenvalue weighted by Crippen LogP contribution is 2.36. The largest absolute Gasteiger partial charge is 0.334 e. The molecule has 0 aliphatic heterocycles. The van der Waals surface area contributed by atoms with E-state index in [1.165, 1.54) is 18.2 Å². The fraction of sp³-hybridized carbons (Fsp3) is 0.500. The molecule has 0 saturated heterocycles. The third-order valence-electron chi connectivity index (χ3n) is 4.50. The third kappa shape index (κ3) is 4.04. The predicted molar refractivity (Wildman–Crippen MR) is 99.4 cm³/mol. The lowest BCUT2D eigenvalue weighted by atomic mass is 9.95. The molecule has 1 aliphatic rings. The quantitative estimate of drug-likeness (QED) is 0.836. The molecule has 8 heteroatoms. The van der Waals surface area contributed by atoms with Gasteiger partial charge in [-0.2, -0.15) is 4.98 Å². The number of carbonyl (C=O) groups is 1. The number of hydrogen-bond acceptors (Lipinski definition) is 5. The minimum Gasteiger partial charge on any atom is -0.334 e. The van der Waals surface area contributed by atoms with Gasteiger partial charge in [0.2, 0.25) is 5.91 Å². The molecule has 2 aromatic rings. The van der Waals surface area contributed by atoms with Gasteiger partial charge in [-0.25, -0.2) is 4.39 Å². The molecular weight excluding hydrogens is 359 g/mol. The molecule has 3 N–H and O–H groups in total. The van der Waals surface area contributed by atoms with E-state index in [0.29, 0.717) is 11.5 Å². The lowest BCUT2D eigenvalue weighted by Crippen LogP contribution is -2.34. The molecule has 1 fully saturated rings. The van der Waals surface area contributed by atoms with E-state index in [4.69, 9.17) is 10.3 Å². The van der Waals surface area contributed by atoms with Crippen molar-refractivity contribution in [3.8, 4) is 11.5 Å². The van der Waals surface area contributed by atoms with Gasteiger partial charge in [-0.1, -0.05) is 38.8 Å². The molecule has 1 saturated carbocycles. The molecule has 0 spiro atoms. The van der Waals surface area contributed by atoms with Crippen LogP contribution in [0.4, 0.5) is 10.1 Å². The highest BCUT2D eigenvalue weighted by Gasteiger charge is 2.36. The number of halogens is 2. The minimum absolute atomic E-state index is 0. The Morgan fingerprint density at radius 3 is 2.58 bits per heavy atom. The van der Waals surface area contributed by atoms with E-state index >= 15 is 0 Å². The van der Waals surface area contributed by atoms with Crippen LogP contribution in [-0.2, 0) is 10.3 Å². The highest BCUT2D eigenvalue weighted by molar-refractivity contribution is 5.95. The number of aromatic nitrogens is 2. The van der Waals surface area contributed by atoms with Crippen LogP contribution in [0.15, 0.2) is 22.7 Å². The zero-order chi connectivity index (χ0) is 18.2.